The molecular formula is C21H24F3N5O6S. The zero-order valence-corrected chi connectivity index (χ0v) is 20.0. The van der Waals surface area contributed by atoms with Crippen molar-refractivity contribution in [3.05, 3.63) is 41.5 Å². The van der Waals surface area contributed by atoms with Crippen LogP contribution < -0.4 is 20.5 Å². The van der Waals surface area contributed by atoms with Crippen molar-refractivity contribution < 1.29 is 41.0 Å². The molecule has 0 spiro atoms. The summed E-state index contributed by atoms with van der Waals surface area (Å²) in [5.74, 6) is -7.04. The summed E-state index contributed by atoms with van der Waals surface area (Å²) in [7, 11) is -2.85. The minimum Gasteiger partial charge on any atom is -0.489 e. The summed E-state index contributed by atoms with van der Waals surface area (Å²) in [5, 5.41) is 11.8. The molecule has 2 aromatic rings. The number of carbonyl (C=O) groups is 2. The van der Waals surface area contributed by atoms with Gasteiger partial charge < -0.3 is 30.4 Å². The fourth-order valence-corrected chi connectivity index (χ4v) is 5.70. The first-order valence-corrected chi connectivity index (χ1v) is 12.3. The Morgan fingerprint density at radius 2 is 1.89 bits per heavy atom. The number of aliphatic hydroxyl groups is 1. The van der Waals surface area contributed by atoms with Crippen molar-refractivity contribution >= 4 is 27.5 Å². The van der Waals surface area contributed by atoms with E-state index >= 15 is 0 Å². The fraction of sp³-hybridized carbons (Fsp3) is 0.429. The van der Waals surface area contributed by atoms with Gasteiger partial charge in [-0.3, -0.25) is 9.59 Å². The van der Waals surface area contributed by atoms with Gasteiger partial charge in [-0.15, -0.1) is 0 Å². The molecule has 0 unspecified atom stereocenters. The van der Waals surface area contributed by atoms with E-state index in [0.717, 1.165) is 6.20 Å². The van der Waals surface area contributed by atoms with E-state index in [-0.39, 0.29) is 36.0 Å². The molecule has 0 aliphatic carbocycles. The lowest BCUT2D eigenvalue weighted by molar-refractivity contribution is -0.134. The Labute approximate surface area is 204 Å². The van der Waals surface area contributed by atoms with Gasteiger partial charge in [0.25, 0.3) is 5.91 Å². The minimum absolute atomic E-state index is 0.00369. The number of fused-ring (bicyclic) bond motifs is 2. The van der Waals surface area contributed by atoms with Gasteiger partial charge in [0.05, 0.1) is 12.7 Å². The van der Waals surface area contributed by atoms with Crippen molar-refractivity contribution in [3.63, 3.8) is 0 Å². The number of nitrogens with two attached hydrogens (primary N) is 1. The molecule has 2 aliphatic heterocycles. The van der Waals surface area contributed by atoms with E-state index < -0.39 is 69.1 Å². The van der Waals surface area contributed by atoms with Crippen LogP contribution in [0.1, 0.15) is 17.4 Å². The smallest absolute Gasteiger partial charge is 0.276 e. The molecule has 5 N–H and O–H groups in total. The molecule has 4 rings (SSSR count). The molecule has 36 heavy (non-hydrogen) atoms. The Morgan fingerprint density at radius 3 is 2.50 bits per heavy atom. The number of hydrogen-bond donors (Lipinski definition) is 4. The molecule has 11 nitrogen and oxygen atoms in total. The highest BCUT2D eigenvalue weighted by Crippen LogP contribution is 2.35. The van der Waals surface area contributed by atoms with Gasteiger partial charge >= 0.3 is 0 Å². The molecule has 2 amide bonds. The van der Waals surface area contributed by atoms with E-state index in [1.165, 1.54) is 23.4 Å². The summed E-state index contributed by atoms with van der Waals surface area (Å²) < 4.78 is 76.1. The van der Waals surface area contributed by atoms with Gasteiger partial charge in [-0.2, -0.15) is 0 Å². The molecule has 1 saturated heterocycles. The van der Waals surface area contributed by atoms with Gasteiger partial charge in [0.15, 0.2) is 28.9 Å². The number of nitrogens with one attached hydrogen (secondary N) is 2. The third kappa shape index (κ3) is 4.66. The monoisotopic (exact) mass is 531 g/mol. The lowest BCUT2D eigenvalue weighted by atomic mass is 10.1. The third-order valence-corrected chi connectivity index (χ3v) is 7.64. The van der Waals surface area contributed by atoms with E-state index in [0.29, 0.717) is 12.1 Å². The Hall–Kier alpha value is -3.14. The van der Waals surface area contributed by atoms with Crippen LogP contribution in [0.25, 0.3) is 0 Å². The van der Waals surface area contributed by atoms with E-state index in [9.17, 15) is 36.3 Å². The van der Waals surface area contributed by atoms with Crippen LogP contribution in [0.3, 0.4) is 0 Å². The van der Waals surface area contributed by atoms with Gasteiger partial charge in [0, 0.05) is 56.1 Å². The summed E-state index contributed by atoms with van der Waals surface area (Å²) in [4.78, 5) is 26.5. The van der Waals surface area contributed by atoms with Crippen molar-refractivity contribution in [2.75, 3.05) is 25.0 Å². The van der Waals surface area contributed by atoms with Crippen LogP contribution in [0.4, 0.5) is 18.9 Å². The Bertz CT molecular complexity index is 1310. The van der Waals surface area contributed by atoms with E-state index in [4.69, 9.17) is 10.5 Å². The second kappa shape index (κ2) is 9.38. The van der Waals surface area contributed by atoms with Crippen molar-refractivity contribution in [1.82, 2.24) is 14.2 Å². The highest BCUT2D eigenvalue weighted by atomic mass is 32.2. The predicted molar refractivity (Wildman–Crippen MR) is 119 cm³/mol. The second-order valence-corrected chi connectivity index (χ2v) is 10.5. The molecule has 3 heterocycles. The largest absolute Gasteiger partial charge is 0.489 e. The van der Waals surface area contributed by atoms with Crippen LogP contribution >= 0.6 is 0 Å². The van der Waals surface area contributed by atoms with Crippen LogP contribution in [-0.2, 0) is 21.9 Å². The minimum atomic E-state index is -4.23. The van der Waals surface area contributed by atoms with Gasteiger partial charge in [-0.25, -0.2) is 26.3 Å². The van der Waals surface area contributed by atoms with E-state index in [1.54, 1.807) is 0 Å². The average molecular weight is 532 g/mol. The maximum absolute atomic E-state index is 13.6. The molecular weight excluding hydrogens is 507 g/mol. The number of nitrogens with zero attached hydrogens (tertiary/aromatic N) is 2. The summed E-state index contributed by atoms with van der Waals surface area (Å²) in [6.45, 7) is 1.37. The molecule has 0 bridgehead atoms. The summed E-state index contributed by atoms with van der Waals surface area (Å²) in [5.41, 5.74) is 5.08. The lowest BCUT2D eigenvalue weighted by Crippen LogP contribution is -2.49. The van der Waals surface area contributed by atoms with Gasteiger partial charge in [-0.1, -0.05) is 0 Å². The molecule has 15 heteroatoms. The molecule has 1 fully saturated rings. The number of sulfonamides is 1. The normalized spacial score (nSPS) is 22.5. The van der Waals surface area contributed by atoms with Crippen LogP contribution in [0.2, 0.25) is 0 Å². The lowest BCUT2D eigenvalue weighted by Gasteiger charge is -2.23. The standard InChI is InChI=1S/C21H24F3N5O6S/c1-9(30)17(25)21(32)29-5-10-8-35-19-15(36(33,34)27-14(10)6-29)7-28(2)18(19)20(31)26-11-3-12(22)16(24)13(23)4-11/h3-4,7,9-10,14,17,27,30H,5-6,8,25H2,1-2H3,(H,26,31)/t9-,10-,14-,17+/m1/s1. The number of likely N-dealkylation sites (tertiary alicyclic amines) is 1. The number of benzene rings is 1. The van der Waals surface area contributed by atoms with Gasteiger partial charge in [0.1, 0.15) is 10.9 Å². The van der Waals surface area contributed by atoms with Gasteiger partial charge in [-0.05, 0) is 6.92 Å². The Balaban J connectivity index is 1.61. The number of aliphatic hydroxyl groups excluding tert-OH is 1. The molecule has 0 radical (unpaired) electrons. The molecule has 2 aliphatic rings. The fourth-order valence-electron chi connectivity index (χ4n) is 4.21. The van der Waals surface area contributed by atoms with Crippen LogP contribution in [0.15, 0.2) is 23.2 Å². The van der Waals surface area contributed by atoms with Crippen molar-refractivity contribution in [3.8, 4) is 5.75 Å². The molecule has 1 aromatic carbocycles. The number of amides is 2. The molecule has 0 saturated carbocycles. The Morgan fingerprint density at radius 1 is 1.25 bits per heavy atom. The molecule has 1 aromatic heterocycles. The van der Waals surface area contributed by atoms with E-state index in [2.05, 4.69) is 10.0 Å². The number of anilines is 1. The third-order valence-electron chi connectivity index (χ3n) is 6.15. The van der Waals surface area contributed by atoms with E-state index in [1.807, 2.05) is 0 Å². The number of hydrogen-bond acceptors (Lipinski definition) is 7. The highest BCUT2D eigenvalue weighted by molar-refractivity contribution is 7.89. The molecule has 4 atom stereocenters. The Kier molecular flexibility index (Phi) is 6.76. The number of aryl methyl sites for hydroxylation is 1. The second-order valence-electron chi connectivity index (χ2n) is 8.80. The van der Waals surface area contributed by atoms with Crippen molar-refractivity contribution in [2.45, 2.75) is 30.0 Å². The summed E-state index contributed by atoms with van der Waals surface area (Å²) in [6.07, 6.45) is 0.0351. The average Bonchev–Trinajstić information content (AvgIpc) is 3.34. The summed E-state index contributed by atoms with van der Waals surface area (Å²) in [6, 6.07) is -0.735. The zero-order valence-electron chi connectivity index (χ0n) is 19.2. The van der Waals surface area contributed by atoms with Crippen LogP contribution in [-0.4, -0.2) is 72.7 Å². The number of rotatable bonds is 4. The number of aromatic nitrogens is 1. The van der Waals surface area contributed by atoms with Crippen LogP contribution in [0.5, 0.6) is 5.75 Å². The predicted octanol–water partition coefficient (Wildman–Crippen LogP) is -0.0995. The van der Waals surface area contributed by atoms with Gasteiger partial charge in [0.2, 0.25) is 15.9 Å². The molecule has 196 valence electrons. The highest BCUT2D eigenvalue weighted by Gasteiger charge is 2.43. The number of halogens is 3. The first-order valence-electron chi connectivity index (χ1n) is 10.8. The summed E-state index contributed by atoms with van der Waals surface area (Å²) >= 11 is 0. The quantitative estimate of drug-likeness (QED) is 0.402. The maximum atomic E-state index is 13.6. The van der Waals surface area contributed by atoms with Crippen molar-refractivity contribution in [1.29, 1.82) is 0 Å². The number of ether oxygens (including phenoxy) is 1. The zero-order chi connectivity index (χ0) is 26.5. The first-order chi connectivity index (χ1) is 16.8. The van der Waals surface area contributed by atoms with Crippen LogP contribution in [0, 0.1) is 23.4 Å². The maximum Gasteiger partial charge on any atom is 0.276 e. The SMILES string of the molecule is C[C@@H](O)[C@H](N)C(=O)N1C[C@@H]2COc3c(cn(C)c3C(=O)Nc3cc(F)c(F)c(F)c3)S(=O)(=O)N[C@@H]2C1. The first kappa shape index (κ1) is 25.9. The topological polar surface area (TPSA) is 156 Å². The number of carbonyl (C=O) groups excluding carboxylic acids is 2. The van der Waals surface area contributed by atoms with Crippen molar-refractivity contribution in [2.24, 2.45) is 18.7 Å².